The third-order valence-corrected chi connectivity index (χ3v) is 7.14. The molecule has 1 atom stereocenters. The highest BCUT2D eigenvalue weighted by Crippen LogP contribution is 2.30. The van der Waals surface area contributed by atoms with E-state index in [2.05, 4.69) is 5.32 Å². The minimum absolute atomic E-state index is 0.0194. The summed E-state index contributed by atoms with van der Waals surface area (Å²) in [7, 11) is -3.96. The van der Waals surface area contributed by atoms with Gasteiger partial charge in [-0.25, -0.2) is 8.42 Å². The number of aryl methyl sites for hydroxylation is 1. The molecule has 0 radical (unpaired) electrons. The van der Waals surface area contributed by atoms with Crippen LogP contribution in [0, 0.1) is 13.8 Å². The lowest BCUT2D eigenvalue weighted by Gasteiger charge is -2.26. The molecule has 2 aromatic rings. The van der Waals surface area contributed by atoms with Crippen LogP contribution in [-0.4, -0.2) is 40.1 Å². The van der Waals surface area contributed by atoms with E-state index in [-0.39, 0.29) is 17.5 Å². The van der Waals surface area contributed by atoms with Crippen molar-refractivity contribution in [2.45, 2.75) is 37.7 Å². The number of rotatable bonds is 7. The molecule has 29 heavy (non-hydrogen) atoms. The van der Waals surface area contributed by atoms with Gasteiger partial charge < -0.3 is 10.1 Å². The van der Waals surface area contributed by atoms with Gasteiger partial charge in [0.25, 0.3) is 10.0 Å². The molecule has 8 heteroatoms. The molecule has 2 aromatic carbocycles. The maximum absolute atomic E-state index is 13.4. The second kappa shape index (κ2) is 9.15. The summed E-state index contributed by atoms with van der Waals surface area (Å²) >= 11 is 6.22. The quantitative estimate of drug-likeness (QED) is 0.721. The van der Waals surface area contributed by atoms with Crippen LogP contribution in [-0.2, 0) is 19.6 Å². The van der Waals surface area contributed by atoms with E-state index in [1.807, 2.05) is 6.92 Å². The fourth-order valence-corrected chi connectivity index (χ4v) is 4.87. The highest BCUT2D eigenvalue weighted by Gasteiger charge is 2.29. The molecule has 1 N–H and O–H groups in total. The molecule has 0 bridgehead atoms. The second-order valence-electron chi connectivity index (χ2n) is 7.15. The molecule has 1 amide bonds. The van der Waals surface area contributed by atoms with E-state index in [9.17, 15) is 13.2 Å². The third kappa shape index (κ3) is 5.10. The van der Waals surface area contributed by atoms with E-state index in [1.165, 1.54) is 0 Å². The SMILES string of the molecule is Cc1ccc(S(=O)(=O)N(CC(=O)NC[C@@H]2CCCO2)c2cccc(Cl)c2C)cc1. The van der Waals surface area contributed by atoms with Crippen molar-refractivity contribution in [2.75, 3.05) is 24.0 Å². The molecule has 0 saturated carbocycles. The average molecular weight is 437 g/mol. The molecular formula is C21H25ClN2O4S. The van der Waals surface area contributed by atoms with Crippen LogP contribution >= 0.6 is 11.6 Å². The first-order chi connectivity index (χ1) is 13.8. The maximum Gasteiger partial charge on any atom is 0.264 e. The van der Waals surface area contributed by atoms with Crippen molar-refractivity contribution in [3.63, 3.8) is 0 Å². The van der Waals surface area contributed by atoms with Gasteiger partial charge in [-0.15, -0.1) is 0 Å². The Morgan fingerprint density at radius 3 is 2.59 bits per heavy atom. The Bertz CT molecular complexity index is 971. The number of nitrogens with zero attached hydrogens (tertiary/aromatic N) is 1. The average Bonchev–Trinajstić information content (AvgIpc) is 3.21. The molecule has 1 aliphatic rings. The zero-order valence-electron chi connectivity index (χ0n) is 16.5. The van der Waals surface area contributed by atoms with Crippen LogP contribution in [0.5, 0.6) is 0 Å². The van der Waals surface area contributed by atoms with Crippen LogP contribution in [0.25, 0.3) is 0 Å². The predicted octanol–water partition coefficient (Wildman–Crippen LogP) is 3.45. The summed E-state index contributed by atoms with van der Waals surface area (Å²) in [5.74, 6) is -0.393. The van der Waals surface area contributed by atoms with Gasteiger partial charge in [0.2, 0.25) is 5.91 Å². The molecule has 0 spiro atoms. The van der Waals surface area contributed by atoms with Gasteiger partial charge in [0.05, 0.1) is 16.7 Å². The first-order valence-electron chi connectivity index (χ1n) is 9.52. The summed E-state index contributed by atoms with van der Waals surface area (Å²) in [5.41, 5.74) is 1.92. The maximum atomic E-state index is 13.4. The Morgan fingerprint density at radius 2 is 1.93 bits per heavy atom. The van der Waals surface area contributed by atoms with Gasteiger partial charge in [0.1, 0.15) is 6.54 Å². The van der Waals surface area contributed by atoms with Gasteiger partial charge in [0, 0.05) is 18.2 Å². The number of ether oxygens (including phenoxy) is 1. The van der Waals surface area contributed by atoms with Crippen molar-refractivity contribution in [1.82, 2.24) is 5.32 Å². The Balaban J connectivity index is 1.90. The number of hydrogen-bond donors (Lipinski definition) is 1. The number of carbonyl (C=O) groups excluding carboxylic acids is 1. The van der Waals surface area contributed by atoms with E-state index in [0.29, 0.717) is 29.4 Å². The van der Waals surface area contributed by atoms with Gasteiger partial charge in [-0.1, -0.05) is 35.4 Å². The Labute approximate surface area is 176 Å². The molecule has 1 saturated heterocycles. The lowest BCUT2D eigenvalue weighted by atomic mass is 10.2. The predicted molar refractivity (Wildman–Crippen MR) is 114 cm³/mol. The topological polar surface area (TPSA) is 75.7 Å². The fraction of sp³-hybridized carbons (Fsp3) is 0.381. The van der Waals surface area contributed by atoms with E-state index in [0.717, 1.165) is 22.7 Å². The first kappa shape index (κ1) is 21.6. The largest absolute Gasteiger partial charge is 0.376 e. The second-order valence-corrected chi connectivity index (χ2v) is 9.42. The van der Waals surface area contributed by atoms with Crippen molar-refractivity contribution in [3.8, 4) is 0 Å². The number of sulfonamides is 1. The minimum Gasteiger partial charge on any atom is -0.376 e. The third-order valence-electron chi connectivity index (χ3n) is 4.95. The molecular weight excluding hydrogens is 412 g/mol. The highest BCUT2D eigenvalue weighted by molar-refractivity contribution is 7.92. The number of benzene rings is 2. The Kier molecular flexibility index (Phi) is 6.82. The molecule has 1 fully saturated rings. The fourth-order valence-electron chi connectivity index (χ4n) is 3.22. The van der Waals surface area contributed by atoms with Crippen molar-refractivity contribution in [2.24, 2.45) is 0 Å². The molecule has 0 aliphatic carbocycles. The lowest BCUT2D eigenvalue weighted by Crippen LogP contribution is -2.43. The molecule has 3 rings (SSSR count). The molecule has 1 heterocycles. The summed E-state index contributed by atoms with van der Waals surface area (Å²) in [6, 6.07) is 11.6. The van der Waals surface area contributed by atoms with Crippen LogP contribution < -0.4 is 9.62 Å². The highest BCUT2D eigenvalue weighted by atomic mass is 35.5. The van der Waals surface area contributed by atoms with Gasteiger partial charge in [0.15, 0.2) is 0 Å². The summed E-state index contributed by atoms with van der Waals surface area (Å²) < 4.78 is 33.4. The lowest BCUT2D eigenvalue weighted by molar-refractivity contribution is -0.120. The monoisotopic (exact) mass is 436 g/mol. The van der Waals surface area contributed by atoms with Gasteiger partial charge in [-0.2, -0.15) is 0 Å². The number of carbonyl (C=O) groups is 1. The van der Waals surface area contributed by atoms with E-state index >= 15 is 0 Å². The van der Waals surface area contributed by atoms with Gasteiger partial charge >= 0.3 is 0 Å². The number of hydrogen-bond acceptors (Lipinski definition) is 4. The molecule has 0 aromatic heterocycles. The molecule has 0 unspecified atom stereocenters. The normalized spacial score (nSPS) is 16.6. The zero-order valence-corrected chi connectivity index (χ0v) is 18.1. The van der Waals surface area contributed by atoms with Crippen LogP contribution in [0.1, 0.15) is 24.0 Å². The molecule has 1 aliphatic heterocycles. The Morgan fingerprint density at radius 1 is 1.21 bits per heavy atom. The minimum atomic E-state index is -3.96. The van der Waals surface area contributed by atoms with Crippen molar-refractivity contribution in [3.05, 3.63) is 58.6 Å². The zero-order chi connectivity index (χ0) is 21.0. The van der Waals surface area contributed by atoms with Crippen LogP contribution in [0.15, 0.2) is 47.4 Å². The molecule has 6 nitrogen and oxygen atoms in total. The number of nitrogens with one attached hydrogen (secondary N) is 1. The van der Waals surface area contributed by atoms with Crippen molar-refractivity contribution in [1.29, 1.82) is 0 Å². The standard InChI is InChI=1S/C21H25ClN2O4S/c1-15-8-10-18(11-9-15)29(26,27)24(20-7-3-6-19(22)16(20)2)14-21(25)23-13-17-5-4-12-28-17/h3,6-11,17H,4-5,12-14H2,1-2H3,(H,23,25)/t17-/m0/s1. The van der Waals surface area contributed by atoms with Gasteiger partial charge in [-0.05, 0) is 56.5 Å². The van der Waals surface area contributed by atoms with E-state index in [1.54, 1.807) is 49.4 Å². The summed E-state index contributed by atoms with van der Waals surface area (Å²) in [6.07, 6.45) is 1.84. The van der Waals surface area contributed by atoms with Crippen molar-refractivity contribution < 1.29 is 17.9 Å². The summed E-state index contributed by atoms with van der Waals surface area (Å²) in [6.45, 7) is 4.33. The molecule has 156 valence electrons. The van der Waals surface area contributed by atoms with Gasteiger partial charge in [-0.3, -0.25) is 9.10 Å². The van der Waals surface area contributed by atoms with Crippen molar-refractivity contribution >= 4 is 33.2 Å². The number of anilines is 1. The number of amides is 1. The van der Waals surface area contributed by atoms with Crippen LogP contribution in [0.3, 0.4) is 0 Å². The summed E-state index contributed by atoms with van der Waals surface area (Å²) in [5, 5.41) is 3.23. The van der Waals surface area contributed by atoms with Crippen LogP contribution in [0.2, 0.25) is 5.02 Å². The smallest absolute Gasteiger partial charge is 0.264 e. The van der Waals surface area contributed by atoms with E-state index in [4.69, 9.17) is 16.3 Å². The Hall–Kier alpha value is -2.09. The summed E-state index contributed by atoms with van der Waals surface area (Å²) in [4.78, 5) is 12.7. The first-order valence-corrected chi connectivity index (χ1v) is 11.3. The number of halogens is 1. The van der Waals surface area contributed by atoms with E-state index < -0.39 is 15.9 Å². The van der Waals surface area contributed by atoms with Crippen LogP contribution in [0.4, 0.5) is 5.69 Å².